The molecule has 0 spiro atoms. The number of unbranched alkanes of at least 4 members (excludes halogenated alkanes) is 1. The highest BCUT2D eigenvalue weighted by Gasteiger charge is 2.03. The Morgan fingerprint density at radius 1 is 1.29 bits per heavy atom. The number of nitrogens with one attached hydrogen (secondary N) is 2. The smallest absolute Gasteiger partial charge is 0.170 e. The van der Waals surface area contributed by atoms with Gasteiger partial charge in [-0.25, -0.2) is 0 Å². The van der Waals surface area contributed by atoms with E-state index in [1.54, 1.807) is 0 Å². The first-order valence-corrected chi connectivity index (χ1v) is 7.06. The van der Waals surface area contributed by atoms with E-state index in [4.69, 9.17) is 12.2 Å². The fraction of sp³-hybridized carbons (Fsp3) is 0.462. The number of anilines is 1. The second-order valence-electron chi connectivity index (χ2n) is 4.16. The molecule has 0 aromatic heterocycles. The molecule has 0 bridgehead atoms. The summed E-state index contributed by atoms with van der Waals surface area (Å²) in [6.45, 7) is 7.25. The molecule has 0 amide bonds. The van der Waals surface area contributed by atoms with Crippen molar-refractivity contribution in [1.29, 1.82) is 0 Å². The van der Waals surface area contributed by atoms with Crippen molar-refractivity contribution in [3.63, 3.8) is 0 Å². The van der Waals surface area contributed by atoms with Crippen LogP contribution in [0.2, 0.25) is 0 Å². The minimum atomic E-state index is 0.694. The molecule has 1 rings (SSSR count). The Hall–Kier alpha value is -0.610. The van der Waals surface area contributed by atoms with Crippen LogP contribution in [0.1, 0.15) is 30.9 Å². The number of halogens is 1. The van der Waals surface area contributed by atoms with Gasteiger partial charge in [-0.2, -0.15) is 0 Å². The zero-order valence-electron chi connectivity index (χ0n) is 10.6. The molecule has 0 aliphatic rings. The van der Waals surface area contributed by atoms with Gasteiger partial charge in [-0.05, 0) is 55.7 Å². The fourth-order valence-corrected chi connectivity index (χ4v) is 2.02. The minimum absolute atomic E-state index is 0.694. The van der Waals surface area contributed by atoms with E-state index in [0.717, 1.165) is 23.1 Å². The third kappa shape index (κ3) is 4.64. The third-order valence-electron chi connectivity index (χ3n) is 2.51. The highest BCUT2D eigenvalue weighted by Crippen LogP contribution is 2.24. The van der Waals surface area contributed by atoms with E-state index < -0.39 is 0 Å². The van der Waals surface area contributed by atoms with E-state index in [-0.39, 0.29) is 0 Å². The predicted molar refractivity (Wildman–Crippen MR) is 82.7 cm³/mol. The summed E-state index contributed by atoms with van der Waals surface area (Å²) in [4.78, 5) is 0. The normalized spacial score (nSPS) is 10.1. The Morgan fingerprint density at radius 2 is 1.88 bits per heavy atom. The summed E-state index contributed by atoms with van der Waals surface area (Å²) in [5.74, 6) is 0. The Morgan fingerprint density at radius 3 is 2.41 bits per heavy atom. The Labute approximate surface area is 117 Å². The molecule has 2 nitrogen and oxygen atoms in total. The van der Waals surface area contributed by atoms with Crippen molar-refractivity contribution in [2.24, 2.45) is 0 Å². The summed E-state index contributed by atoms with van der Waals surface area (Å²) in [6, 6.07) is 4.18. The van der Waals surface area contributed by atoms with Gasteiger partial charge in [0.2, 0.25) is 0 Å². The van der Waals surface area contributed by atoms with Crippen molar-refractivity contribution in [1.82, 2.24) is 5.32 Å². The third-order valence-corrected chi connectivity index (χ3v) is 4.01. The molecule has 0 aliphatic carbocycles. The van der Waals surface area contributed by atoms with Crippen molar-refractivity contribution >= 4 is 38.9 Å². The van der Waals surface area contributed by atoms with Crippen LogP contribution in [0.15, 0.2) is 16.6 Å². The zero-order chi connectivity index (χ0) is 12.8. The van der Waals surface area contributed by atoms with Crippen LogP contribution in [-0.2, 0) is 0 Å². The number of thiocarbonyl (C=S) groups is 1. The molecular formula is C13H19BrN2S. The molecular weight excluding hydrogens is 296 g/mol. The molecule has 0 unspecified atom stereocenters. The van der Waals surface area contributed by atoms with Crippen molar-refractivity contribution in [2.75, 3.05) is 11.9 Å². The maximum atomic E-state index is 5.23. The largest absolute Gasteiger partial charge is 0.362 e. The molecule has 0 aliphatic heterocycles. The molecule has 0 fully saturated rings. The first-order valence-electron chi connectivity index (χ1n) is 5.86. The average molecular weight is 315 g/mol. The number of benzene rings is 1. The number of rotatable bonds is 4. The van der Waals surface area contributed by atoms with Gasteiger partial charge in [0.15, 0.2) is 5.11 Å². The molecule has 0 radical (unpaired) electrons. The van der Waals surface area contributed by atoms with Crippen LogP contribution >= 0.6 is 28.1 Å². The van der Waals surface area contributed by atoms with Crippen LogP contribution in [-0.4, -0.2) is 11.7 Å². The van der Waals surface area contributed by atoms with Gasteiger partial charge in [0, 0.05) is 16.7 Å². The van der Waals surface area contributed by atoms with Gasteiger partial charge in [0.1, 0.15) is 0 Å². The van der Waals surface area contributed by atoms with Gasteiger partial charge in [0.05, 0.1) is 0 Å². The first-order chi connectivity index (χ1) is 8.04. The summed E-state index contributed by atoms with van der Waals surface area (Å²) < 4.78 is 1.16. The van der Waals surface area contributed by atoms with Crippen LogP contribution < -0.4 is 10.6 Å². The number of aryl methyl sites for hydroxylation is 2. The lowest BCUT2D eigenvalue weighted by Gasteiger charge is -2.12. The standard InChI is InChI=1S/C13H19BrN2S/c1-4-5-6-15-13(17)16-11-7-9(2)12(14)10(3)8-11/h7-8H,4-6H2,1-3H3,(H2,15,16,17). The lowest BCUT2D eigenvalue weighted by Crippen LogP contribution is -2.29. The molecule has 1 aromatic rings. The molecule has 1 aromatic carbocycles. The summed E-state index contributed by atoms with van der Waals surface area (Å²) in [7, 11) is 0. The Bertz CT molecular complexity index is 381. The molecule has 94 valence electrons. The number of hydrogen-bond donors (Lipinski definition) is 2. The van der Waals surface area contributed by atoms with Gasteiger partial charge in [-0.1, -0.05) is 29.3 Å². The van der Waals surface area contributed by atoms with E-state index in [0.29, 0.717) is 5.11 Å². The fourth-order valence-electron chi connectivity index (χ4n) is 1.57. The monoisotopic (exact) mass is 314 g/mol. The van der Waals surface area contributed by atoms with Gasteiger partial charge in [-0.15, -0.1) is 0 Å². The predicted octanol–water partition coefficient (Wildman–Crippen LogP) is 4.15. The Kier molecular flexibility index (Phi) is 5.92. The molecule has 2 N–H and O–H groups in total. The van der Waals surface area contributed by atoms with Gasteiger partial charge >= 0.3 is 0 Å². The Balaban J connectivity index is 2.60. The SMILES string of the molecule is CCCCNC(=S)Nc1cc(C)c(Br)c(C)c1. The maximum Gasteiger partial charge on any atom is 0.170 e. The highest BCUT2D eigenvalue weighted by molar-refractivity contribution is 9.10. The van der Waals surface area contributed by atoms with Crippen molar-refractivity contribution in [2.45, 2.75) is 33.6 Å². The average Bonchev–Trinajstić information content (AvgIpc) is 2.26. The molecule has 4 heteroatoms. The van der Waals surface area contributed by atoms with E-state index in [2.05, 4.69) is 59.5 Å². The van der Waals surface area contributed by atoms with Gasteiger partial charge < -0.3 is 10.6 Å². The van der Waals surface area contributed by atoms with Crippen molar-refractivity contribution < 1.29 is 0 Å². The maximum absolute atomic E-state index is 5.23. The highest BCUT2D eigenvalue weighted by atomic mass is 79.9. The van der Waals surface area contributed by atoms with Crippen LogP contribution in [0.4, 0.5) is 5.69 Å². The second-order valence-corrected chi connectivity index (χ2v) is 5.36. The summed E-state index contributed by atoms with van der Waals surface area (Å²) in [6.07, 6.45) is 2.31. The molecule has 0 heterocycles. The van der Waals surface area contributed by atoms with Crippen molar-refractivity contribution in [3.8, 4) is 0 Å². The topological polar surface area (TPSA) is 24.1 Å². The molecule has 0 atom stereocenters. The van der Waals surface area contributed by atoms with Gasteiger partial charge in [-0.3, -0.25) is 0 Å². The lowest BCUT2D eigenvalue weighted by molar-refractivity contribution is 0.758. The quantitative estimate of drug-likeness (QED) is 0.645. The van der Waals surface area contributed by atoms with E-state index in [9.17, 15) is 0 Å². The van der Waals surface area contributed by atoms with E-state index in [1.165, 1.54) is 17.5 Å². The van der Waals surface area contributed by atoms with Crippen LogP contribution in [0.25, 0.3) is 0 Å². The van der Waals surface area contributed by atoms with Crippen LogP contribution in [0.5, 0.6) is 0 Å². The minimum Gasteiger partial charge on any atom is -0.362 e. The molecule has 0 saturated carbocycles. The van der Waals surface area contributed by atoms with Gasteiger partial charge in [0.25, 0.3) is 0 Å². The number of hydrogen-bond acceptors (Lipinski definition) is 1. The van der Waals surface area contributed by atoms with E-state index >= 15 is 0 Å². The molecule has 17 heavy (non-hydrogen) atoms. The first kappa shape index (κ1) is 14.5. The van der Waals surface area contributed by atoms with E-state index in [1.807, 2.05) is 0 Å². The molecule has 0 saturated heterocycles. The summed E-state index contributed by atoms with van der Waals surface area (Å²) >= 11 is 8.79. The summed E-state index contributed by atoms with van der Waals surface area (Å²) in [5.41, 5.74) is 3.46. The summed E-state index contributed by atoms with van der Waals surface area (Å²) in [5, 5.41) is 7.10. The van der Waals surface area contributed by atoms with Crippen LogP contribution in [0, 0.1) is 13.8 Å². The zero-order valence-corrected chi connectivity index (χ0v) is 13.0. The van der Waals surface area contributed by atoms with Crippen molar-refractivity contribution in [3.05, 3.63) is 27.7 Å². The second kappa shape index (κ2) is 6.97. The van der Waals surface area contributed by atoms with Crippen LogP contribution in [0.3, 0.4) is 0 Å². The lowest BCUT2D eigenvalue weighted by atomic mass is 10.1.